The molecular weight excluding hydrogens is 325 g/mol. The number of halogens is 2. The number of nitriles is 1. The summed E-state index contributed by atoms with van der Waals surface area (Å²) in [5, 5.41) is 13.1. The molecule has 0 aliphatic carbocycles. The normalized spacial score (nSPS) is 10.3. The zero-order chi connectivity index (χ0) is 14.9. The molecule has 0 fully saturated rings. The Bertz CT molecular complexity index is 777. The first kappa shape index (κ1) is 14.4. The maximum absolute atomic E-state index is 13.8. The molecule has 1 aromatic heterocycles. The van der Waals surface area contributed by atoms with Gasteiger partial charge in [-0.1, -0.05) is 22.0 Å². The highest BCUT2D eigenvalue weighted by Crippen LogP contribution is 2.16. The summed E-state index contributed by atoms with van der Waals surface area (Å²) in [5.41, 5.74) is 1.03. The molecule has 1 aromatic carbocycles. The van der Waals surface area contributed by atoms with Crippen LogP contribution in [0.15, 0.2) is 27.5 Å². The van der Waals surface area contributed by atoms with E-state index in [0.717, 1.165) is 4.68 Å². The SMILES string of the molecule is Cc1nn(Cc2ccc(Br)cc2F)c(=O)c(C#N)c1C. The van der Waals surface area contributed by atoms with E-state index < -0.39 is 11.4 Å². The fraction of sp³-hybridized carbons (Fsp3) is 0.214. The number of aryl methyl sites for hydroxylation is 1. The van der Waals surface area contributed by atoms with E-state index in [1.807, 2.05) is 6.07 Å². The number of rotatable bonds is 2. The Kier molecular flexibility index (Phi) is 4.00. The standard InChI is InChI=1S/C14H11BrFN3O/c1-8-9(2)18-19(14(20)12(8)6-17)7-10-3-4-11(15)5-13(10)16/h3-5H,7H2,1-2H3. The molecule has 0 saturated heterocycles. The van der Waals surface area contributed by atoms with Gasteiger partial charge >= 0.3 is 0 Å². The van der Waals surface area contributed by atoms with Crippen LogP contribution in [-0.4, -0.2) is 9.78 Å². The van der Waals surface area contributed by atoms with Crippen molar-refractivity contribution in [3.8, 4) is 6.07 Å². The minimum absolute atomic E-state index is 0.00620. The molecule has 102 valence electrons. The van der Waals surface area contributed by atoms with Crippen LogP contribution < -0.4 is 5.56 Å². The molecule has 0 aliphatic heterocycles. The van der Waals surface area contributed by atoms with Crippen molar-refractivity contribution in [2.24, 2.45) is 0 Å². The molecule has 0 amide bonds. The van der Waals surface area contributed by atoms with Gasteiger partial charge in [0.25, 0.3) is 5.56 Å². The molecular formula is C14H11BrFN3O. The topological polar surface area (TPSA) is 58.7 Å². The van der Waals surface area contributed by atoms with Crippen LogP contribution in [0.2, 0.25) is 0 Å². The van der Waals surface area contributed by atoms with Gasteiger partial charge in [-0.25, -0.2) is 9.07 Å². The third-order valence-corrected chi connectivity index (χ3v) is 3.58. The summed E-state index contributed by atoms with van der Waals surface area (Å²) in [4.78, 5) is 12.1. The zero-order valence-corrected chi connectivity index (χ0v) is 12.5. The van der Waals surface area contributed by atoms with Crippen LogP contribution in [0.3, 0.4) is 0 Å². The van der Waals surface area contributed by atoms with Crippen molar-refractivity contribution in [3.05, 3.63) is 61.2 Å². The number of aromatic nitrogens is 2. The number of hydrogen-bond donors (Lipinski definition) is 0. The molecule has 2 aromatic rings. The molecule has 0 spiro atoms. The van der Waals surface area contributed by atoms with Crippen molar-refractivity contribution in [1.29, 1.82) is 5.26 Å². The maximum atomic E-state index is 13.8. The number of nitrogens with zero attached hydrogens (tertiary/aromatic N) is 3. The van der Waals surface area contributed by atoms with Gasteiger partial charge in [-0.15, -0.1) is 0 Å². The van der Waals surface area contributed by atoms with E-state index in [4.69, 9.17) is 5.26 Å². The summed E-state index contributed by atoms with van der Waals surface area (Å²) in [5.74, 6) is -0.426. The summed E-state index contributed by atoms with van der Waals surface area (Å²) < 4.78 is 15.5. The summed E-state index contributed by atoms with van der Waals surface area (Å²) >= 11 is 3.17. The molecule has 6 heteroatoms. The second kappa shape index (κ2) is 5.55. The maximum Gasteiger partial charge on any atom is 0.285 e. The second-order valence-corrected chi connectivity index (χ2v) is 5.31. The van der Waals surface area contributed by atoms with Gasteiger partial charge in [-0.2, -0.15) is 10.4 Å². The Hall–Kier alpha value is -2.00. The van der Waals surface area contributed by atoms with Crippen LogP contribution in [0.4, 0.5) is 4.39 Å². The Labute approximate surface area is 123 Å². The Balaban J connectivity index is 2.53. The van der Waals surface area contributed by atoms with Crippen LogP contribution in [-0.2, 0) is 6.54 Å². The highest BCUT2D eigenvalue weighted by atomic mass is 79.9. The second-order valence-electron chi connectivity index (χ2n) is 4.40. The molecule has 0 bridgehead atoms. The first-order valence-electron chi connectivity index (χ1n) is 5.86. The average Bonchev–Trinajstić information content (AvgIpc) is 2.39. The van der Waals surface area contributed by atoms with Gasteiger partial charge in [0.05, 0.1) is 12.2 Å². The molecule has 0 N–H and O–H groups in total. The van der Waals surface area contributed by atoms with Gasteiger partial charge in [-0.05, 0) is 31.5 Å². The molecule has 0 saturated carbocycles. The minimum atomic E-state index is -0.502. The van der Waals surface area contributed by atoms with Crippen LogP contribution in [0, 0.1) is 31.0 Å². The van der Waals surface area contributed by atoms with Gasteiger partial charge in [0.1, 0.15) is 17.4 Å². The third-order valence-electron chi connectivity index (χ3n) is 3.08. The highest BCUT2D eigenvalue weighted by Gasteiger charge is 2.13. The predicted molar refractivity (Wildman–Crippen MR) is 75.9 cm³/mol. The summed E-state index contributed by atoms with van der Waals surface area (Å²) in [6.07, 6.45) is 0. The van der Waals surface area contributed by atoms with Gasteiger partial charge in [0.15, 0.2) is 0 Å². The van der Waals surface area contributed by atoms with E-state index in [1.54, 1.807) is 26.0 Å². The largest absolute Gasteiger partial charge is 0.285 e. The quantitative estimate of drug-likeness (QED) is 0.847. The van der Waals surface area contributed by atoms with Crippen molar-refractivity contribution >= 4 is 15.9 Å². The monoisotopic (exact) mass is 335 g/mol. The van der Waals surface area contributed by atoms with E-state index in [0.29, 0.717) is 21.3 Å². The summed E-state index contributed by atoms with van der Waals surface area (Å²) in [7, 11) is 0. The van der Waals surface area contributed by atoms with Crippen molar-refractivity contribution in [2.75, 3.05) is 0 Å². The van der Waals surface area contributed by atoms with Gasteiger partial charge < -0.3 is 0 Å². The van der Waals surface area contributed by atoms with E-state index in [9.17, 15) is 9.18 Å². The Morgan fingerprint density at radius 1 is 1.45 bits per heavy atom. The lowest BCUT2D eigenvalue weighted by Crippen LogP contribution is -2.28. The molecule has 2 rings (SSSR count). The Morgan fingerprint density at radius 3 is 2.75 bits per heavy atom. The third kappa shape index (κ3) is 2.63. The summed E-state index contributed by atoms with van der Waals surface area (Å²) in [6, 6.07) is 6.47. The lowest BCUT2D eigenvalue weighted by atomic mass is 10.1. The van der Waals surface area contributed by atoms with Gasteiger partial charge in [0, 0.05) is 10.0 Å². The van der Waals surface area contributed by atoms with E-state index >= 15 is 0 Å². The molecule has 1 heterocycles. The molecule has 0 atom stereocenters. The lowest BCUT2D eigenvalue weighted by molar-refractivity contribution is 0.566. The first-order chi connectivity index (χ1) is 9.43. The fourth-order valence-electron chi connectivity index (χ4n) is 1.82. The van der Waals surface area contributed by atoms with Crippen LogP contribution in [0.1, 0.15) is 22.4 Å². The number of benzene rings is 1. The molecule has 4 nitrogen and oxygen atoms in total. The van der Waals surface area contributed by atoms with Crippen molar-refractivity contribution in [1.82, 2.24) is 9.78 Å². The molecule has 0 aliphatic rings. The summed E-state index contributed by atoms with van der Waals surface area (Å²) in [6.45, 7) is 3.38. The average molecular weight is 336 g/mol. The van der Waals surface area contributed by atoms with E-state index in [2.05, 4.69) is 21.0 Å². The number of hydrogen-bond acceptors (Lipinski definition) is 3. The van der Waals surface area contributed by atoms with Crippen molar-refractivity contribution in [3.63, 3.8) is 0 Å². The molecule has 0 radical (unpaired) electrons. The Morgan fingerprint density at radius 2 is 2.15 bits per heavy atom. The van der Waals surface area contributed by atoms with Gasteiger partial charge in [-0.3, -0.25) is 4.79 Å². The van der Waals surface area contributed by atoms with Gasteiger partial charge in [0.2, 0.25) is 0 Å². The first-order valence-corrected chi connectivity index (χ1v) is 6.65. The predicted octanol–water partition coefficient (Wildman–Crippen LogP) is 2.68. The highest BCUT2D eigenvalue weighted by molar-refractivity contribution is 9.10. The fourth-order valence-corrected chi connectivity index (χ4v) is 2.16. The molecule has 0 unspecified atom stereocenters. The lowest BCUT2D eigenvalue weighted by Gasteiger charge is -2.09. The van der Waals surface area contributed by atoms with Crippen LogP contribution in [0.5, 0.6) is 0 Å². The van der Waals surface area contributed by atoms with E-state index in [1.165, 1.54) is 6.07 Å². The zero-order valence-electron chi connectivity index (χ0n) is 10.9. The van der Waals surface area contributed by atoms with Crippen molar-refractivity contribution in [2.45, 2.75) is 20.4 Å². The minimum Gasteiger partial charge on any atom is -0.266 e. The van der Waals surface area contributed by atoms with E-state index in [-0.39, 0.29) is 12.1 Å². The van der Waals surface area contributed by atoms with Crippen LogP contribution >= 0.6 is 15.9 Å². The molecule has 20 heavy (non-hydrogen) atoms. The smallest absolute Gasteiger partial charge is 0.266 e. The van der Waals surface area contributed by atoms with Crippen molar-refractivity contribution < 1.29 is 4.39 Å². The van der Waals surface area contributed by atoms with Crippen LogP contribution in [0.25, 0.3) is 0 Å².